The van der Waals surface area contributed by atoms with Crippen LogP contribution in [0.2, 0.25) is 0 Å². The van der Waals surface area contributed by atoms with Crippen molar-refractivity contribution in [3.8, 4) is 17.1 Å². The first-order valence-corrected chi connectivity index (χ1v) is 11.5. The van der Waals surface area contributed by atoms with Crippen molar-refractivity contribution < 1.29 is 18.3 Å². The lowest BCUT2D eigenvalue weighted by molar-refractivity contribution is -0.131. The number of halogens is 1. The topological polar surface area (TPSA) is 93.4 Å². The van der Waals surface area contributed by atoms with E-state index in [4.69, 9.17) is 14.1 Å². The quantitative estimate of drug-likeness (QED) is 0.622. The summed E-state index contributed by atoms with van der Waals surface area (Å²) in [6, 6.07) is 3.63. The van der Waals surface area contributed by atoms with E-state index in [9.17, 15) is 9.18 Å². The van der Waals surface area contributed by atoms with Gasteiger partial charge < -0.3 is 19.4 Å². The first-order valence-electron chi connectivity index (χ1n) is 11.5. The molecule has 5 rings (SSSR count). The maximum Gasteiger partial charge on any atom is 0.230 e. The molecule has 9 heteroatoms. The van der Waals surface area contributed by atoms with Gasteiger partial charge in [-0.25, -0.2) is 19.3 Å². The van der Waals surface area contributed by atoms with E-state index in [2.05, 4.69) is 21.4 Å². The van der Waals surface area contributed by atoms with Crippen LogP contribution < -0.4 is 10.1 Å². The van der Waals surface area contributed by atoms with Crippen LogP contribution in [0.4, 0.5) is 10.2 Å². The molecule has 1 saturated heterocycles. The van der Waals surface area contributed by atoms with E-state index in [0.717, 1.165) is 53.8 Å². The number of carbonyl (C=O) groups excluding carboxylic acids is 1. The summed E-state index contributed by atoms with van der Waals surface area (Å²) in [7, 11) is 1.47. The Morgan fingerprint density at radius 1 is 1.29 bits per heavy atom. The summed E-state index contributed by atoms with van der Waals surface area (Å²) >= 11 is 0. The van der Waals surface area contributed by atoms with Crippen molar-refractivity contribution >= 4 is 11.7 Å². The van der Waals surface area contributed by atoms with Crippen molar-refractivity contribution in [1.82, 2.24) is 19.9 Å². The average Bonchev–Trinajstić information content (AvgIpc) is 3.44. The number of anilines is 1. The third-order valence-corrected chi connectivity index (χ3v) is 7.01. The molecule has 8 nitrogen and oxygen atoms in total. The standard InChI is InChI=1S/C25H28FN5O3/c1-14(18-10-22(33-4)27-11-20(18)26)24(32)31-8-7-25(13-31)6-5-17-9-19(15(2)28-23(17)30-25)21-12-34-16(3)29-21/h9-12,14H,5-8,13H2,1-4H3,(H,28,30)/t14-,25-/m1/s1. The van der Waals surface area contributed by atoms with Crippen LogP contribution in [-0.2, 0) is 11.2 Å². The minimum absolute atomic E-state index is 0.0995. The lowest BCUT2D eigenvalue weighted by Gasteiger charge is -2.36. The zero-order valence-corrected chi connectivity index (χ0v) is 19.8. The predicted octanol–water partition coefficient (Wildman–Crippen LogP) is 4.03. The number of aromatic nitrogens is 3. The van der Waals surface area contributed by atoms with Gasteiger partial charge in [0.15, 0.2) is 5.89 Å². The van der Waals surface area contributed by atoms with Crippen LogP contribution in [0, 0.1) is 19.7 Å². The zero-order valence-electron chi connectivity index (χ0n) is 19.8. The van der Waals surface area contributed by atoms with E-state index >= 15 is 0 Å². The summed E-state index contributed by atoms with van der Waals surface area (Å²) in [5, 5.41) is 3.64. The highest BCUT2D eigenvalue weighted by atomic mass is 19.1. The summed E-state index contributed by atoms with van der Waals surface area (Å²) in [6.45, 7) is 6.69. The van der Waals surface area contributed by atoms with Gasteiger partial charge >= 0.3 is 0 Å². The van der Waals surface area contributed by atoms with E-state index in [1.165, 1.54) is 13.2 Å². The first-order chi connectivity index (χ1) is 16.3. The van der Waals surface area contributed by atoms with Gasteiger partial charge in [-0.2, -0.15) is 0 Å². The molecule has 5 heterocycles. The number of carbonyl (C=O) groups is 1. The number of nitrogens with zero attached hydrogens (tertiary/aromatic N) is 4. The van der Waals surface area contributed by atoms with Gasteiger partial charge in [-0.1, -0.05) is 0 Å². The second-order valence-corrected chi connectivity index (χ2v) is 9.27. The van der Waals surface area contributed by atoms with E-state index in [1.807, 2.05) is 18.7 Å². The SMILES string of the molecule is COc1cc([C@@H](C)C(=O)N2CC[C@]3(CCc4cc(-c5coc(C)n5)c(C)nc4N3)C2)c(F)cn1. The molecule has 0 aliphatic carbocycles. The number of fused-ring (bicyclic) bond motifs is 1. The molecule has 1 fully saturated rings. The molecule has 0 radical (unpaired) electrons. The van der Waals surface area contributed by atoms with Crippen molar-refractivity contribution in [2.45, 2.75) is 51.5 Å². The van der Waals surface area contributed by atoms with Gasteiger partial charge in [-0.05, 0) is 44.7 Å². The van der Waals surface area contributed by atoms with Crippen molar-refractivity contribution in [3.05, 3.63) is 53.1 Å². The molecule has 0 aromatic carbocycles. The Morgan fingerprint density at radius 3 is 2.85 bits per heavy atom. The number of hydrogen-bond donors (Lipinski definition) is 1. The largest absolute Gasteiger partial charge is 0.481 e. The first kappa shape index (κ1) is 22.3. The van der Waals surface area contributed by atoms with Gasteiger partial charge in [-0.15, -0.1) is 0 Å². The molecular formula is C25H28FN5O3. The van der Waals surface area contributed by atoms with E-state index in [-0.39, 0.29) is 11.4 Å². The van der Waals surface area contributed by atoms with E-state index in [1.54, 1.807) is 13.2 Å². The molecule has 0 unspecified atom stereocenters. The van der Waals surface area contributed by atoms with Crippen LogP contribution in [0.5, 0.6) is 5.88 Å². The van der Waals surface area contributed by atoms with Crippen LogP contribution in [0.15, 0.2) is 29.0 Å². The summed E-state index contributed by atoms with van der Waals surface area (Å²) in [5.41, 5.74) is 3.83. The highest BCUT2D eigenvalue weighted by molar-refractivity contribution is 5.84. The summed E-state index contributed by atoms with van der Waals surface area (Å²) in [6.07, 6.45) is 5.32. The Bertz CT molecular complexity index is 1260. The summed E-state index contributed by atoms with van der Waals surface area (Å²) in [4.78, 5) is 28.2. The minimum Gasteiger partial charge on any atom is -0.481 e. The number of nitrogens with one attached hydrogen (secondary N) is 1. The second kappa shape index (κ2) is 8.38. The molecule has 34 heavy (non-hydrogen) atoms. The zero-order chi connectivity index (χ0) is 24.0. The van der Waals surface area contributed by atoms with Crippen molar-refractivity contribution in [2.24, 2.45) is 0 Å². The van der Waals surface area contributed by atoms with Crippen molar-refractivity contribution in [2.75, 3.05) is 25.5 Å². The number of ether oxygens (including phenoxy) is 1. The average molecular weight is 466 g/mol. The maximum absolute atomic E-state index is 14.4. The van der Waals surface area contributed by atoms with Gasteiger partial charge in [0.2, 0.25) is 11.8 Å². The fourth-order valence-corrected chi connectivity index (χ4v) is 5.03. The normalized spacial score (nSPS) is 20.2. The molecule has 178 valence electrons. The highest BCUT2D eigenvalue weighted by Gasteiger charge is 2.43. The van der Waals surface area contributed by atoms with E-state index in [0.29, 0.717) is 30.4 Å². The lowest BCUT2D eigenvalue weighted by atomic mass is 9.86. The molecule has 2 aliphatic rings. The Balaban J connectivity index is 1.33. The number of oxazole rings is 1. The molecule has 0 bridgehead atoms. The van der Waals surface area contributed by atoms with Crippen LogP contribution in [0.3, 0.4) is 0 Å². The van der Waals surface area contributed by atoms with Gasteiger partial charge in [0.1, 0.15) is 23.6 Å². The number of rotatable bonds is 4. The number of methoxy groups -OCH3 is 1. The molecule has 0 saturated carbocycles. The molecule has 3 aromatic rings. The fraction of sp³-hybridized carbons (Fsp3) is 0.440. The molecule has 2 aliphatic heterocycles. The van der Waals surface area contributed by atoms with Gasteiger partial charge in [0.05, 0.1) is 24.8 Å². The summed E-state index contributed by atoms with van der Waals surface area (Å²) in [5.74, 6) is 0.549. The molecule has 1 amide bonds. The lowest BCUT2D eigenvalue weighted by Crippen LogP contribution is -2.46. The Hall–Kier alpha value is -3.49. The predicted molar refractivity (Wildman–Crippen MR) is 124 cm³/mol. The molecular weight excluding hydrogens is 437 g/mol. The third kappa shape index (κ3) is 3.89. The number of aryl methyl sites for hydroxylation is 3. The van der Waals surface area contributed by atoms with Gasteiger partial charge in [0, 0.05) is 42.9 Å². The number of hydrogen-bond acceptors (Lipinski definition) is 7. The highest BCUT2D eigenvalue weighted by Crippen LogP contribution is 2.39. The van der Waals surface area contributed by atoms with Gasteiger partial charge in [-0.3, -0.25) is 4.79 Å². The fourth-order valence-electron chi connectivity index (χ4n) is 5.03. The van der Waals surface area contributed by atoms with Crippen LogP contribution in [0.1, 0.15) is 48.4 Å². The summed E-state index contributed by atoms with van der Waals surface area (Å²) < 4.78 is 24.9. The molecule has 2 atom stereocenters. The maximum atomic E-state index is 14.4. The smallest absolute Gasteiger partial charge is 0.230 e. The van der Waals surface area contributed by atoms with Crippen molar-refractivity contribution in [3.63, 3.8) is 0 Å². The van der Waals surface area contributed by atoms with Crippen LogP contribution in [-0.4, -0.2) is 51.5 Å². The molecule has 1 spiro atoms. The Labute approximate surface area is 197 Å². The van der Waals surface area contributed by atoms with Crippen molar-refractivity contribution in [1.29, 1.82) is 0 Å². The third-order valence-electron chi connectivity index (χ3n) is 7.01. The number of amides is 1. The van der Waals surface area contributed by atoms with Gasteiger partial charge in [0.25, 0.3) is 0 Å². The number of pyridine rings is 2. The number of likely N-dealkylation sites (tertiary alicyclic amines) is 1. The van der Waals surface area contributed by atoms with E-state index < -0.39 is 11.7 Å². The Kier molecular flexibility index (Phi) is 5.50. The van der Waals surface area contributed by atoms with Crippen LogP contribution >= 0.6 is 0 Å². The molecule has 3 aromatic heterocycles. The molecule has 1 N–H and O–H groups in total. The Morgan fingerprint density at radius 2 is 2.12 bits per heavy atom. The monoisotopic (exact) mass is 465 g/mol. The minimum atomic E-state index is -0.628. The second-order valence-electron chi connectivity index (χ2n) is 9.27. The van der Waals surface area contributed by atoms with Crippen LogP contribution in [0.25, 0.3) is 11.3 Å².